The highest BCUT2D eigenvalue weighted by atomic mass is 16.2. The summed E-state index contributed by atoms with van der Waals surface area (Å²) in [7, 11) is 0. The molecule has 0 aromatic carbocycles. The summed E-state index contributed by atoms with van der Waals surface area (Å²) in [5.41, 5.74) is -0.469. The van der Waals surface area contributed by atoms with E-state index in [1.54, 1.807) is 0 Å². The Kier molecular flexibility index (Phi) is 3.79. The second kappa shape index (κ2) is 4.58. The highest BCUT2D eigenvalue weighted by Gasteiger charge is 2.44. The van der Waals surface area contributed by atoms with Crippen LogP contribution in [0.4, 0.5) is 0 Å². The molecule has 0 bridgehead atoms. The SMILES string of the molecule is C=CC[C@H]1CNC[C@@]1(C)C(=O)NC(C)(C)C. The average molecular weight is 224 g/mol. The van der Waals surface area contributed by atoms with E-state index in [0.29, 0.717) is 5.92 Å². The van der Waals surface area contributed by atoms with Gasteiger partial charge >= 0.3 is 0 Å². The van der Waals surface area contributed by atoms with Crippen molar-refractivity contribution in [1.82, 2.24) is 10.6 Å². The molecule has 1 rings (SSSR count). The molecule has 2 atom stereocenters. The Hall–Kier alpha value is -0.830. The van der Waals surface area contributed by atoms with Gasteiger partial charge in [0.1, 0.15) is 0 Å². The fraction of sp³-hybridized carbons (Fsp3) is 0.769. The van der Waals surface area contributed by atoms with Gasteiger partial charge < -0.3 is 10.6 Å². The number of amides is 1. The Labute approximate surface area is 98.7 Å². The van der Waals surface area contributed by atoms with Crippen molar-refractivity contribution in [2.45, 2.75) is 39.7 Å². The van der Waals surface area contributed by atoms with Gasteiger partial charge in [-0.05, 0) is 46.6 Å². The summed E-state index contributed by atoms with van der Waals surface area (Å²) in [5, 5.41) is 6.38. The molecule has 2 N–H and O–H groups in total. The lowest BCUT2D eigenvalue weighted by Gasteiger charge is -2.32. The van der Waals surface area contributed by atoms with Gasteiger partial charge in [0.15, 0.2) is 0 Å². The predicted octanol–water partition coefficient (Wildman–Crippen LogP) is 1.70. The highest BCUT2D eigenvalue weighted by molar-refractivity contribution is 5.84. The van der Waals surface area contributed by atoms with Crippen LogP contribution in [0.15, 0.2) is 12.7 Å². The van der Waals surface area contributed by atoms with Gasteiger partial charge in [0.2, 0.25) is 5.91 Å². The van der Waals surface area contributed by atoms with Gasteiger partial charge in [-0.2, -0.15) is 0 Å². The molecule has 0 unspecified atom stereocenters. The lowest BCUT2D eigenvalue weighted by atomic mass is 9.77. The van der Waals surface area contributed by atoms with Crippen LogP contribution < -0.4 is 10.6 Å². The van der Waals surface area contributed by atoms with E-state index in [2.05, 4.69) is 17.2 Å². The summed E-state index contributed by atoms with van der Waals surface area (Å²) in [4.78, 5) is 12.3. The lowest BCUT2D eigenvalue weighted by molar-refractivity contribution is -0.132. The molecule has 3 nitrogen and oxygen atoms in total. The summed E-state index contributed by atoms with van der Waals surface area (Å²) < 4.78 is 0. The summed E-state index contributed by atoms with van der Waals surface area (Å²) in [6, 6.07) is 0. The van der Waals surface area contributed by atoms with Crippen LogP contribution in [0.1, 0.15) is 34.1 Å². The zero-order valence-electron chi connectivity index (χ0n) is 10.9. The van der Waals surface area contributed by atoms with Crippen LogP contribution in [-0.2, 0) is 4.79 Å². The fourth-order valence-electron chi connectivity index (χ4n) is 2.17. The minimum Gasteiger partial charge on any atom is -0.351 e. The first-order valence-corrected chi connectivity index (χ1v) is 5.94. The van der Waals surface area contributed by atoms with Crippen LogP contribution in [0.5, 0.6) is 0 Å². The highest BCUT2D eigenvalue weighted by Crippen LogP contribution is 2.34. The summed E-state index contributed by atoms with van der Waals surface area (Å²) >= 11 is 0. The summed E-state index contributed by atoms with van der Waals surface area (Å²) in [6.45, 7) is 13.5. The first-order valence-electron chi connectivity index (χ1n) is 5.94. The van der Waals surface area contributed by atoms with Crippen LogP contribution >= 0.6 is 0 Å². The third-order valence-electron chi connectivity index (χ3n) is 3.24. The summed E-state index contributed by atoms with van der Waals surface area (Å²) in [6.07, 6.45) is 2.79. The third kappa shape index (κ3) is 2.85. The lowest BCUT2D eigenvalue weighted by Crippen LogP contribution is -2.51. The van der Waals surface area contributed by atoms with Gasteiger partial charge in [-0.1, -0.05) is 6.08 Å². The Morgan fingerprint density at radius 2 is 2.25 bits per heavy atom. The van der Waals surface area contributed by atoms with Gasteiger partial charge in [0.05, 0.1) is 5.41 Å². The summed E-state index contributed by atoms with van der Waals surface area (Å²) in [5.74, 6) is 0.504. The maximum atomic E-state index is 12.3. The molecule has 1 aliphatic heterocycles. The van der Waals surface area contributed by atoms with Crippen molar-refractivity contribution in [2.24, 2.45) is 11.3 Å². The van der Waals surface area contributed by atoms with E-state index in [0.717, 1.165) is 19.5 Å². The third-order valence-corrected chi connectivity index (χ3v) is 3.24. The first kappa shape index (κ1) is 13.2. The van der Waals surface area contributed by atoms with E-state index in [4.69, 9.17) is 0 Å². The van der Waals surface area contributed by atoms with Crippen molar-refractivity contribution >= 4 is 5.91 Å². The molecule has 1 aliphatic rings. The molecule has 0 saturated carbocycles. The standard InChI is InChI=1S/C13H24N2O/c1-6-7-10-8-14-9-13(10,5)11(16)15-12(2,3)4/h6,10,14H,1,7-9H2,2-5H3,(H,15,16)/t10-,13+/m0/s1. The monoisotopic (exact) mass is 224 g/mol. The van der Waals surface area contributed by atoms with Gasteiger partial charge in [0.25, 0.3) is 0 Å². The molecular formula is C13H24N2O. The number of carbonyl (C=O) groups excluding carboxylic acids is 1. The first-order chi connectivity index (χ1) is 7.29. The average Bonchev–Trinajstić information content (AvgIpc) is 2.47. The minimum absolute atomic E-state index is 0.150. The number of nitrogens with one attached hydrogen (secondary N) is 2. The second-order valence-corrected chi connectivity index (χ2v) is 5.97. The molecule has 0 aromatic rings. The molecule has 1 saturated heterocycles. The molecule has 1 fully saturated rings. The Bertz CT molecular complexity index is 280. The zero-order chi connectivity index (χ0) is 12.4. The topological polar surface area (TPSA) is 41.1 Å². The van der Waals surface area contributed by atoms with E-state index < -0.39 is 0 Å². The molecule has 0 spiro atoms. The van der Waals surface area contributed by atoms with Crippen molar-refractivity contribution in [1.29, 1.82) is 0 Å². The molecule has 0 aromatic heterocycles. The molecule has 16 heavy (non-hydrogen) atoms. The van der Waals surface area contributed by atoms with Crippen molar-refractivity contribution in [3.63, 3.8) is 0 Å². The predicted molar refractivity (Wildman–Crippen MR) is 67.2 cm³/mol. The second-order valence-electron chi connectivity index (χ2n) is 5.97. The molecule has 1 amide bonds. The van der Waals surface area contributed by atoms with E-state index in [1.165, 1.54) is 0 Å². The van der Waals surface area contributed by atoms with Crippen LogP contribution in [0.3, 0.4) is 0 Å². The van der Waals surface area contributed by atoms with Crippen LogP contribution in [-0.4, -0.2) is 24.5 Å². The zero-order valence-corrected chi connectivity index (χ0v) is 10.9. The quantitative estimate of drug-likeness (QED) is 0.716. The Morgan fingerprint density at radius 3 is 2.75 bits per heavy atom. The fourth-order valence-corrected chi connectivity index (χ4v) is 2.17. The van der Waals surface area contributed by atoms with Crippen LogP contribution in [0, 0.1) is 11.3 Å². The van der Waals surface area contributed by atoms with Crippen LogP contribution in [0.2, 0.25) is 0 Å². The van der Waals surface area contributed by atoms with Gasteiger partial charge in [0, 0.05) is 12.1 Å². The smallest absolute Gasteiger partial charge is 0.227 e. The van der Waals surface area contributed by atoms with E-state index in [-0.39, 0.29) is 16.9 Å². The van der Waals surface area contributed by atoms with E-state index in [9.17, 15) is 4.79 Å². The van der Waals surface area contributed by atoms with Crippen molar-refractivity contribution in [2.75, 3.05) is 13.1 Å². The maximum Gasteiger partial charge on any atom is 0.227 e. The number of rotatable bonds is 3. The molecule has 3 heteroatoms. The minimum atomic E-state index is -0.304. The van der Waals surface area contributed by atoms with Gasteiger partial charge in [-0.25, -0.2) is 0 Å². The van der Waals surface area contributed by atoms with E-state index >= 15 is 0 Å². The van der Waals surface area contributed by atoms with Crippen LogP contribution in [0.25, 0.3) is 0 Å². The number of carbonyl (C=O) groups is 1. The van der Waals surface area contributed by atoms with Crippen molar-refractivity contribution in [3.05, 3.63) is 12.7 Å². The largest absolute Gasteiger partial charge is 0.351 e. The van der Waals surface area contributed by atoms with Crippen molar-refractivity contribution < 1.29 is 4.79 Å². The van der Waals surface area contributed by atoms with E-state index in [1.807, 2.05) is 33.8 Å². The number of allylic oxidation sites excluding steroid dienone is 1. The molecule has 1 heterocycles. The van der Waals surface area contributed by atoms with Crippen molar-refractivity contribution in [3.8, 4) is 0 Å². The Morgan fingerprint density at radius 1 is 1.62 bits per heavy atom. The van der Waals surface area contributed by atoms with Gasteiger partial charge in [-0.15, -0.1) is 6.58 Å². The Balaban J connectivity index is 2.75. The maximum absolute atomic E-state index is 12.3. The number of hydrogen-bond acceptors (Lipinski definition) is 2. The molecule has 0 aliphatic carbocycles. The normalized spacial score (nSPS) is 30.1. The number of hydrogen-bond donors (Lipinski definition) is 2. The molecular weight excluding hydrogens is 200 g/mol. The molecule has 92 valence electrons. The van der Waals surface area contributed by atoms with Gasteiger partial charge in [-0.3, -0.25) is 4.79 Å². The molecule has 0 radical (unpaired) electrons.